The molecule has 0 fully saturated rings. The number of hydrogen-bond donors (Lipinski definition) is 3. The Morgan fingerprint density at radius 1 is 1.30 bits per heavy atom. The van der Waals surface area contributed by atoms with Gasteiger partial charge in [0.1, 0.15) is 0 Å². The van der Waals surface area contributed by atoms with Crippen LogP contribution in [0, 0.1) is 6.92 Å². The van der Waals surface area contributed by atoms with E-state index in [1.807, 2.05) is 12.3 Å². The lowest BCUT2D eigenvalue weighted by Crippen LogP contribution is -2.39. The molecule has 0 saturated heterocycles. The molecule has 0 saturated carbocycles. The third-order valence-corrected chi connectivity index (χ3v) is 3.22. The van der Waals surface area contributed by atoms with E-state index in [1.54, 1.807) is 0 Å². The van der Waals surface area contributed by atoms with Crippen LogP contribution in [0.5, 0.6) is 0 Å². The van der Waals surface area contributed by atoms with Gasteiger partial charge in [0, 0.05) is 18.2 Å². The Balaban J connectivity index is 2.14. The van der Waals surface area contributed by atoms with Crippen molar-refractivity contribution in [2.75, 3.05) is 0 Å². The van der Waals surface area contributed by atoms with E-state index in [-0.39, 0.29) is 19.4 Å². The molecule has 0 bridgehead atoms. The van der Waals surface area contributed by atoms with Crippen LogP contribution in [0.4, 0.5) is 4.79 Å². The molecule has 0 aromatic carbocycles. The average Bonchev–Trinajstić information content (AvgIpc) is 2.78. The molecule has 8 heteroatoms. The number of urea groups is 1. The van der Waals surface area contributed by atoms with E-state index in [1.165, 1.54) is 11.3 Å². The Morgan fingerprint density at radius 2 is 2.00 bits per heavy atom. The average molecular weight is 299 g/mol. The lowest BCUT2D eigenvalue weighted by atomic mass is 10.2. The van der Waals surface area contributed by atoms with Crippen molar-refractivity contribution in [3.05, 3.63) is 16.1 Å². The Bertz CT molecular complexity index is 487. The summed E-state index contributed by atoms with van der Waals surface area (Å²) in [6.07, 6.45) is 1.03. The number of unbranched alkanes of at least 4 members (excludes halogenated alkanes) is 1. The van der Waals surface area contributed by atoms with Crippen LogP contribution in [0.3, 0.4) is 0 Å². The summed E-state index contributed by atoms with van der Waals surface area (Å²) in [5.74, 6) is -1.30. The molecule has 0 atom stereocenters. The molecule has 0 radical (unpaired) electrons. The van der Waals surface area contributed by atoms with Crippen molar-refractivity contribution in [2.24, 2.45) is 0 Å². The SMILES string of the molecule is Cc1nc(CNC(=O)NC(=O)CCCCC(=O)O)cs1. The normalized spacial score (nSPS) is 10.1. The maximum Gasteiger partial charge on any atom is 0.321 e. The van der Waals surface area contributed by atoms with Gasteiger partial charge in [-0.3, -0.25) is 14.9 Å². The molecule has 20 heavy (non-hydrogen) atoms. The quantitative estimate of drug-likeness (QED) is 0.660. The number of imide groups is 1. The maximum absolute atomic E-state index is 11.4. The zero-order valence-corrected chi connectivity index (χ0v) is 12.0. The van der Waals surface area contributed by atoms with Crippen LogP contribution in [0.25, 0.3) is 0 Å². The van der Waals surface area contributed by atoms with E-state index < -0.39 is 17.9 Å². The number of rotatable bonds is 7. The zero-order valence-electron chi connectivity index (χ0n) is 11.1. The monoisotopic (exact) mass is 299 g/mol. The molecule has 1 aromatic rings. The number of aryl methyl sites for hydroxylation is 1. The van der Waals surface area contributed by atoms with E-state index in [0.717, 1.165) is 10.7 Å². The van der Waals surface area contributed by atoms with Crippen molar-refractivity contribution in [3.8, 4) is 0 Å². The van der Waals surface area contributed by atoms with E-state index in [9.17, 15) is 14.4 Å². The summed E-state index contributed by atoms with van der Waals surface area (Å²) >= 11 is 1.49. The minimum Gasteiger partial charge on any atom is -0.481 e. The predicted octanol–water partition coefficient (Wildman–Crippen LogP) is 1.42. The molecule has 0 aliphatic heterocycles. The molecule has 7 nitrogen and oxygen atoms in total. The second-order valence-corrected chi connectivity index (χ2v) is 5.25. The Kier molecular flexibility index (Phi) is 6.65. The van der Waals surface area contributed by atoms with Gasteiger partial charge in [-0.25, -0.2) is 9.78 Å². The highest BCUT2D eigenvalue weighted by molar-refractivity contribution is 7.09. The van der Waals surface area contributed by atoms with Crippen molar-refractivity contribution in [1.29, 1.82) is 0 Å². The van der Waals surface area contributed by atoms with Crippen molar-refractivity contribution < 1.29 is 19.5 Å². The molecule has 0 unspecified atom stereocenters. The van der Waals surface area contributed by atoms with Gasteiger partial charge in [0.2, 0.25) is 5.91 Å². The van der Waals surface area contributed by atoms with Crippen molar-refractivity contribution in [1.82, 2.24) is 15.6 Å². The van der Waals surface area contributed by atoms with Crippen molar-refractivity contribution in [2.45, 2.75) is 39.2 Å². The summed E-state index contributed by atoms with van der Waals surface area (Å²) in [6.45, 7) is 2.14. The van der Waals surface area contributed by atoms with Gasteiger partial charge in [-0.2, -0.15) is 0 Å². The smallest absolute Gasteiger partial charge is 0.321 e. The fourth-order valence-corrected chi connectivity index (χ4v) is 2.07. The molecule has 3 amide bonds. The van der Waals surface area contributed by atoms with Crippen LogP contribution in [0.15, 0.2) is 5.38 Å². The number of nitrogens with one attached hydrogen (secondary N) is 2. The van der Waals surface area contributed by atoms with E-state index in [0.29, 0.717) is 12.8 Å². The lowest BCUT2D eigenvalue weighted by molar-refractivity contribution is -0.137. The van der Waals surface area contributed by atoms with Crippen LogP contribution in [0.2, 0.25) is 0 Å². The Labute approximate surface area is 120 Å². The van der Waals surface area contributed by atoms with E-state index >= 15 is 0 Å². The van der Waals surface area contributed by atoms with Gasteiger partial charge in [0.25, 0.3) is 0 Å². The second kappa shape index (κ2) is 8.26. The third kappa shape index (κ3) is 6.83. The van der Waals surface area contributed by atoms with Crippen LogP contribution >= 0.6 is 11.3 Å². The van der Waals surface area contributed by atoms with Crippen LogP contribution in [-0.4, -0.2) is 28.0 Å². The molecular weight excluding hydrogens is 282 g/mol. The predicted molar refractivity (Wildman–Crippen MR) is 73.3 cm³/mol. The second-order valence-electron chi connectivity index (χ2n) is 4.19. The van der Waals surface area contributed by atoms with Crippen molar-refractivity contribution >= 4 is 29.2 Å². The summed E-state index contributed by atoms with van der Waals surface area (Å²) < 4.78 is 0. The number of carbonyl (C=O) groups excluding carboxylic acids is 2. The lowest BCUT2D eigenvalue weighted by Gasteiger charge is -2.05. The first kappa shape index (κ1) is 16.1. The van der Waals surface area contributed by atoms with Crippen LogP contribution in [-0.2, 0) is 16.1 Å². The first-order valence-corrected chi connectivity index (χ1v) is 7.06. The van der Waals surface area contributed by atoms with Crippen molar-refractivity contribution in [3.63, 3.8) is 0 Å². The fraction of sp³-hybridized carbons (Fsp3) is 0.500. The number of carbonyl (C=O) groups is 3. The summed E-state index contributed by atoms with van der Waals surface area (Å²) in [7, 11) is 0. The molecule has 1 heterocycles. The first-order chi connectivity index (χ1) is 9.47. The number of hydrogen-bond acceptors (Lipinski definition) is 5. The highest BCUT2D eigenvalue weighted by atomic mass is 32.1. The van der Waals surface area contributed by atoms with Gasteiger partial charge in [0.05, 0.1) is 17.2 Å². The zero-order chi connectivity index (χ0) is 15.0. The molecule has 1 aromatic heterocycles. The standard InChI is InChI=1S/C12H17N3O4S/c1-8-14-9(7-20-8)6-13-12(19)15-10(16)4-2-3-5-11(17)18/h7H,2-6H2,1H3,(H,17,18)(H2,13,15,16,19). The minimum atomic E-state index is -0.887. The third-order valence-electron chi connectivity index (χ3n) is 2.39. The highest BCUT2D eigenvalue weighted by Gasteiger charge is 2.08. The number of aliphatic carboxylic acids is 1. The van der Waals surface area contributed by atoms with Crippen LogP contribution in [0.1, 0.15) is 36.4 Å². The summed E-state index contributed by atoms with van der Waals surface area (Å²) in [6, 6.07) is -0.570. The van der Waals surface area contributed by atoms with E-state index in [4.69, 9.17) is 5.11 Å². The first-order valence-electron chi connectivity index (χ1n) is 6.18. The van der Waals surface area contributed by atoms with E-state index in [2.05, 4.69) is 15.6 Å². The minimum absolute atomic E-state index is 0.0304. The van der Waals surface area contributed by atoms with Gasteiger partial charge < -0.3 is 10.4 Å². The number of thiazole rings is 1. The highest BCUT2D eigenvalue weighted by Crippen LogP contribution is 2.07. The fourth-order valence-electron chi connectivity index (χ4n) is 1.46. The summed E-state index contributed by atoms with van der Waals surface area (Å²) in [4.78, 5) is 37.2. The number of carboxylic acid groups (broad SMARTS) is 1. The topological polar surface area (TPSA) is 108 Å². The molecular formula is C12H17N3O4S. The summed E-state index contributed by atoms with van der Waals surface area (Å²) in [5, 5.41) is 15.9. The molecule has 3 N–H and O–H groups in total. The molecule has 0 aliphatic rings. The van der Waals surface area contributed by atoms with Gasteiger partial charge in [0.15, 0.2) is 0 Å². The molecule has 0 aliphatic carbocycles. The molecule has 0 spiro atoms. The summed E-state index contributed by atoms with van der Waals surface area (Å²) in [5.41, 5.74) is 0.747. The Morgan fingerprint density at radius 3 is 2.60 bits per heavy atom. The van der Waals surface area contributed by atoms with Gasteiger partial charge >= 0.3 is 12.0 Å². The molecule has 110 valence electrons. The van der Waals surface area contributed by atoms with Gasteiger partial charge in [-0.1, -0.05) is 0 Å². The Hall–Kier alpha value is -1.96. The molecule has 1 rings (SSSR count). The number of nitrogens with zero attached hydrogens (tertiary/aromatic N) is 1. The van der Waals surface area contributed by atoms with Crippen LogP contribution < -0.4 is 10.6 Å². The maximum atomic E-state index is 11.4. The van der Waals surface area contributed by atoms with Gasteiger partial charge in [-0.05, 0) is 19.8 Å². The number of carboxylic acids is 1. The van der Waals surface area contributed by atoms with Gasteiger partial charge in [-0.15, -0.1) is 11.3 Å². The largest absolute Gasteiger partial charge is 0.481 e. The number of aromatic nitrogens is 1. The number of amides is 3.